The molecular formula is C60H87NO11. The molecule has 0 saturated heterocycles. The Kier molecular flexibility index (Phi) is 27.9. The highest BCUT2D eigenvalue weighted by Crippen LogP contribution is 2.32. The average Bonchev–Trinajstić information content (AvgIpc) is 3.36. The van der Waals surface area contributed by atoms with Gasteiger partial charge in [-0.15, -0.1) is 0 Å². The van der Waals surface area contributed by atoms with Gasteiger partial charge in [-0.25, -0.2) is 4.79 Å². The number of unbranched alkanes of at least 4 members (excludes halogenated alkanes) is 10. The summed E-state index contributed by atoms with van der Waals surface area (Å²) in [5, 5.41) is 3.71. The van der Waals surface area contributed by atoms with Gasteiger partial charge in [0, 0.05) is 12.6 Å². The largest absolute Gasteiger partial charge is 0.493 e. The van der Waals surface area contributed by atoms with E-state index < -0.39 is 0 Å². The summed E-state index contributed by atoms with van der Waals surface area (Å²) in [6, 6.07) is 26.3. The third-order valence-electron chi connectivity index (χ3n) is 12.4. The van der Waals surface area contributed by atoms with Crippen molar-refractivity contribution in [3.05, 3.63) is 112 Å². The first-order valence-corrected chi connectivity index (χ1v) is 26.9. The zero-order valence-corrected chi connectivity index (χ0v) is 44.5. The number of carbonyl (C=O) groups is 1. The van der Waals surface area contributed by atoms with Crippen LogP contribution in [0.4, 0.5) is 0 Å². The molecule has 12 heteroatoms. The lowest BCUT2D eigenvalue weighted by Crippen LogP contribution is -2.17. The molecule has 398 valence electrons. The van der Waals surface area contributed by atoms with Crippen LogP contribution >= 0.6 is 0 Å². The van der Waals surface area contributed by atoms with E-state index in [-0.39, 0.29) is 11.4 Å². The van der Waals surface area contributed by atoms with Gasteiger partial charge in [-0.05, 0) is 111 Å². The van der Waals surface area contributed by atoms with Gasteiger partial charge in [0.1, 0.15) is 32.2 Å². The zero-order chi connectivity index (χ0) is 50.9. The van der Waals surface area contributed by atoms with Crippen molar-refractivity contribution in [2.24, 2.45) is 0 Å². The van der Waals surface area contributed by atoms with Crippen molar-refractivity contribution in [2.45, 2.75) is 130 Å². The Morgan fingerprint density at radius 2 is 1.00 bits per heavy atom. The first kappa shape index (κ1) is 58.0. The van der Waals surface area contributed by atoms with Gasteiger partial charge in [-0.2, -0.15) is 0 Å². The van der Waals surface area contributed by atoms with Gasteiger partial charge in [-0.1, -0.05) is 120 Å². The van der Waals surface area contributed by atoms with Crippen LogP contribution in [0.15, 0.2) is 78.9 Å². The van der Waals surface area contributed by atoms with Crippen molar-refractivity contribution < 1.29 is 52.2 Å². The molecular weight excluding hydrogens is 911 g/mol. The van der Waals surface area contributed by atoms with Gasteiger partial charge in [-0.3, -0.25) is 0 Å². The molecule has 0 bridgehead atoms. The van der Waals surface area contributed by atoms with Crippen molar-refractivity contribution in [3.63, 3.8) is 0 Å². The average molecular weight is 998 g/mol. The van der Waals surface area contributed by atoms with Crippen LogP contribution in [-0.2, 0) is 42.1 Å². The molecule has 0 aliphatic carbocycles. The van der Waals surface area contributed by atoms with Crippen LogP contribution in [0.2, 0.25) is 0 Å². The number of benzene rings is 4. The quantitative estimate of drug-likeness (QED) is 0.0596. The SMILES string of the molecule is Cc1cc(C)cc(C(=O)OCCCCCCNCc2ccc(C(C)(C)C)cc2CCCCCCCCCCOc2ccc3c(c2)OCCOCCOCCOc2ccccc2OCCOCCOCCO3)c1. The molecule has 0 fully saturated rings. The summed E-state index contributed by atoms with van der Waals surface area (Å²) in [5.41, 5.74) is 7.25. The lowest BCUT2D eigenvalue weighted by molar-refractivity contribution is 0.0223. The molecule has 4 aromatic rings. The molecule has 0 spiro atoms. The number of nitrogens with one attached hydrogen (secondary N) is 1. The maximum Gasteiger partial charge on any atom is 0.338 e. The van der Waals surface area contributed by atoms with Crippen LogP contribution in [0.25, 0.3) is 0 Å². The second kappa shape index (κ2) is 34.5. The van der Waals surface area contributed by atoms with Gasteiger partial charge in [0.2, 0.25) is 0 Å². The Morgan fingerprint density at radius 1 is 0.500 bits per heavy atom. The van der Waals surface area contributed by atoms with Gasteiger partial charge in [0.05, 0.1) is 71.6 Å². The Morgan fingerprint density at radius 3 is 1.58 bits per heavy atom. The van der Waals surface area contributed by atoms with E-state index in [0.717, 1.165) is 74.9 Å². The Bertz CT molecular complexity index is 2080. The molecule has 12 nitrogen and oxygen atoms in total. The summed E-state index contributed by atoms with van der Waals surface area (Å²) < 4.78 is 58.5. The predicted octanol–water partition coefficient (Wildman–Crippen LogP) is 12.1. The number of para-hydroxylation sites is 2. The zero-order valence-electron chi connectivity index (χ0n) is 44.5. The number of esters is 1. The number of ether oxygens (including phenoxy) is 10. The fourth-order valence-electron chi connectivity index (χ4n) is 8.42. The molecule has 0 radical (unpaired) electrons. The number of carbonyl (C=O) groups excluding carboxylic acids is 1. The Balaban J connectivity index is 0.924. The number of rotatable bonds is 22. The lowest BCUT2D eigenvalue weighted by Gasteiger charge is -2.22. The maximum absolute atomic E-state index is 12.4. The van der Waals surface area contributed by atoms with Crippen molar-refractivity contribution in [2.75, 3.05) is 99.0 Å². The normalized spacial score (nSPS) is 14.8. The monoisotopic (exact) mass is 998 g/mol. The van der Waals surface area contributed by atoms with E-state index in [4.69, 9.17) is 47.4 Å². The smallest absolute Gasteiger partial charge is 0.338 e. The fraction of sp³-hybridized carbons (Fsp3) is 0.583. The summed E-state index contributed by atoms with van der Waals surface area (Å²) in [6.45, 7) is 19.0. The molecule has 0 aromatic heterocycles. The molecule has 1 aliphatic rings. The predicted molar refractivity (Wildman–Crippen MR) is 286 cm³/mol. The minimum atomic E-state index is -0.223. The molecule has 1 aliphatic heterocycles. The molecule has 0 unspecified atom stereocenters. The van der Waals surface area contributed by atoms with Crippen LogP contribution in [0.1, 0.15) is 136 Å². The lowest BCUT2D eigenvalue weighted by atomic mass is 9.84. The minimum Gasteiger partial charge on any atom is -0.493 e. The molecule has 5 rings (SSSR count). The minimum absolute atomic E-state index is 0.126. The van der Waals surface area contributed by atoms with E-state index >= 15 is 0 Å². The second-order valence-electron chi connectivity index (χ2n) is 19.7. The van der Waals surface area contributed by atoms with Gasteiger partial charge >= 0.3 is 5.97 Å². The third kappa shape index (κ3) is 23.8. The Labute approximate surface area is 432 Å². The third-order valence-corrected chi connectivity index (χ3v) is 12.4. The molecule has 1 heterocycles. The van der Waals surface area contributed by atoms with E-state index in [9.17, 15) is 4.79 Å². The van der Waals surface area contributed by atoms with Crippen molar-refractivity contribution >= 4 is 5.97 Å². The summed E-state index contributed by atoms with van der Waals surface area (Å²) in [5.74, 6) is 3.13. The van der Waals surface area contributed by atoms with Gasteiger partial charge in [0.15, 0.2) is 23.0 Å². The van der Waals surface area contributed by atoms with E-state index in [1.54, 1.807) is 0 Å². The van der Waals surface area contributed by atoms with Crippen LogP contribution in [0.3, 0.4) is 0 Å². The second-order valence-corrected chi connectivity index (χ2v) is 19.7. The highest BCUT2D eigenvalue weighted by atomic mass is 16.6. The van der Waals surface area contributed by atoms with Crippen molar-refractivity contribution in [1.29, 1.82) is 0 Å². The number of fused-ring (bicyclic) bond motifs is 2. The molecule has 0 atom stereocenters. The molecule has 72 heavy (non-hydrogen) atoms. The fourth-order valence-corrected chi connectivity index (χ4v) is 8.42. The van der Waals surface area contributed by atoms with Crippen molar-refractivity contribution in [1.82, 2.24) is 5.32 Å². The standard InChI is InChI=1S/C60H87NO11/c1-48-42-49(2)44-52(43-48)59(62)72-29-19-13-11-17-27-61-47-51-23-24-53(60(3,4)5)45-50(51)20-14-10-8-6-7-9-12-18-28-67-54-25-26-57-58(46-54)71-41-37-66-33-32-64-35-39-69-56-22-16-15-21-55(56)68-38-34-63-30-31-65-36-40-70-57/h15-16,21-26,42-46,61H,6-14,17-20,27-41,47H2,1-5H3. The topological polar surface area (TPSA) is 121 Å². The van der Waals surface area contributed by atoms with Crippen molar-refractivity contribution in [3.8, 4) is 28.7 Å². The summed E-state index contributed by atoms with van der Waals surface area (Å²) in [6.07, 6.45) is 14.9. The summed E-state index contributed by atoms with van der Waals surface area (Å²) in [7, 11) is 0. The Hall–Kier alpha value is -4.85. The highest BCUT2D eigenvalue weighted by molar-refractivity contribution is 5.89. The van der Waals surface area contributed by atoms with Crippen LogP contribution in [0.5, 0.6) is 28.7 Å². The number of hydrogen-bond acceptors (Lipinski definition) is 12. The van der Waals surface area contributed by atoms with Gasteiger partial charge < -0.3 is 52.7 Å². The molecule has 0 amide bonds. The summed E-state index contributed by atoms with van der Waals surface area (Å²) in [4.78, 5) is 12.4. The molecule has 1 N–H and O–H groups in total. The first-order valence-electron chi connectivity index (χ1n) is 26.9. The number of aryl methyl sites for hydroxylation is 3. The van der Waals surface area contributed by atoms with E-state index in [2.05, 4.69) is 50.4 Å². The molecule has 0 saturated carbocycles. The van der Waals surface area contributed by atoms with Crippen LogP contribution < -0.4 is 29.0 Å². The summed E-state index contributed by atoms with van der Waals surface area (Å²) >= 11 is 0. The highest BCUT2D eigenvalue weighted by Gasteiger charge is 2.16. The maximum atomic E-state index is 12.4. The van der Waals surface area contributed by atoms with Crippen LogP contribution in [0, 0.1) is 13.8 Å². The van der Waals surface area contributed by atoms with E-state index in [1.807, 2.05) is 68.4 Å². The van der Waals surface area contributed by atoms with E-state index in [0.29, 0.717) is 121 Å². The van der Waals surface area contributed by atoms with E-state index in [1.165, 1.54) is 55.2 Å². The molecule has 4 aromatic carbocycles. The first-order chi connectivity index (χ1) is 35.2. The number of hydrogen-bond donors (Lipinski definition) is 1. The van der Waals surface area contributed by atoms with Crippen LogP contribution in [-0.4, -0.2) is 105 Å². The van der Waals surface area contributed by atoms with Gasteiger partial charge in [0.25, 0.3) is 0 Å².